The summed E-state index contributed by atoms with van der Waals surface area (Å²) in [6, 6.07) is 9.46. The van der Waals surface area contributed by atoms with Gasteiger partial charge in [0.25, 0.3) is 0 Å². The molecule has 2 heteroatoms. The summed E-state index contributed by atoms with van der Waals surface area (Å²) in [5.74, 6) is 0. The van der Waals surface area contributed by atoms with E-state index in [4.69, 9.17) is 11.6 Å². The van der Waals surface area contributed by atoms with Crippen molar-refractivity contribution in [2.24, 2.45) is 0 Å². The Morgan fingerprint density at radius 3 is 2.33 bits per heavy atom. The van der Waals surface area contributed by atoms with Gasteiger partial charge in [0.1, 0.15) is 0 Å². The highest BCUT2D eigenvalue weighted by molar-refractivity contribution is 6.20. The van der Waals surface area contributed by atoms with E-state index in [9.17, 15) is 0 Å². The zero-order valence-electron chi connectivity index (χ0n) is 8.82. The van der Waals surface area contributed by atoms with E-state index >= 15 is 0 Å². The van der Waals surface area contributed by atoms with Crippen molar-refractivity contribution in [3.63, 3.8) is 0 Å². The minimum Gasteiger partial charge on any atom is -0.284 e. The predicted molar refractivity (Wildman–Crippen MR) is 63.2 cm³/mol. The lowest BCUT2D eigenvalue weighted by Crippen LogP contribution is -2.37. The van der Waals surface area contributed by atoms with Gasteiger partial charge in [-0.1, -0.05) is 24.3 Å². The Morgan fingerprint density at radius 2 is 1.80 bits per heavy atom. The molecule has 1 aliphatic carbocycles. The van der Waals surface area contributed by atoms with Crippen LogP contribution in [-0.4, -0.2) is 23.0 Å². The second-order valence-electron chi connectivity index (χ2n) is 4.65. The molecule has 3 rings (SSSR count). The summed E-state index contributed by atoms with van der Waals surface area (Å²) in [5, 5.41) is 0. The predicted octanol–water partition coefficient (Wildman–Crippen LogP) is 2.81. The van der Waals surface area contributed by atoms with Crippen LogP contribution in [0.1, 0.15) is 24.0 Å². The van der Waals surface area contributed by atoms with Crippen LogP contribution < -0.4 is 0 Å². The molecule has 1 nitrogen and oxygen atoms in total. The minimum atomic E-state index is 0.282. The van der Waals surface area contributed by atoms with Gasteiger partial charge in [-0.05, 0) is 43.4 Å². The lowest BCUT2D eigenvalue weighted by Gasteiger charge is -2.26. The molecule has 1 aliphatic heterocycles. The van der Waals surface area contributed by atoms with Gasteiger partial charge >= 0.3 is 0 Å². The first-order chi connectivity index (χ1) is 7.34. The maximum absolute atomic E-state index is 6.33. The number of alkyl halides is 1. The van der Waals surface area contributed by atoms with Gasteiger partial charge in [0.15, 0.2) is 0 Å². The zero-order chi connectivity index (χ0) is 10.3. The molecular formula is C13H16ClN. The van der Waals surface area contributed by atoms with E-state index in [1.54, 1.807) is 0 Å². The fourth-order valence-electron chi connectivity index (χ4n) is 2.93. The van der Waals surface area contributed by atoms with Crippen molar-refractivity contribution in [1.82, 2.24) is 4.90 Å². The number of hydrogen-bond acceptors (Lipinski definition) is 1. The van der Waals surface area contributed by atoms with Gasteiger partial charge in [-0.25, -0.2) is 0 Å². The molecule has 0 N–H and O–H groups in total. The smallest absolute Gasteiger partial charge is 0.0853 e. The fourth-order valence-corrected chi connectivity index (χ4v) is 3.34. The average Bonchev–Trinajstić information content (AvgIpc) is 2.82. The standard InChI is InChI=1S/C13H16ClN/c14-13-6-3-7-15(13)12-8-10-4-1-2-5-11(10)9-12/h1-2,4-5,12-13H,3,6-9H2. The van der Waals surface area contributed by atoms with E-state index in [2.05, 4.69) is 29.2 Å². The molecule has 1 atom stereocenters. The van der Waals surface area contributed by atoms with Crippen LogP contribution >= 0.6 is 11.6 Å². The molecule has 80 valence electrons. The van der Waals surface area contributed by atoms with Gasteiger partial charge < -0.3 is 0 Å². The van der Waals surface area contributed by atoms with Crippen molar-refractivity contribution >= 4 is 11.6 Å². The number of rotatable bonds is 1. The lowest BCUT2D eigenvalue weighted by atomic mass is 10.1. The molecule has 15 heavy (non-hydrogen) atoms. The first-order valence-corrected chi connectivity index (χ1v) is 6.25. The molecule has 1 unspecified atom stereocenters. The molecule has 0 aromatic heterocycles. The van der Waals surface area contributed by atoms with Crippen LogP contribution in [0.3, 0.4) is 0 Å². The van der Waals surface area contributed by atoms with Crippen LogP contribution in [-0.2, 0) is 12.8 Å². The molecule has 1 fully saturated rings. The SMILES string of the molecule is ClC1CCCN1C1Cc2ccccc2C1. The van der Waals surface area contributed by atoms with Gasteiger partial charge in [0.05, 0.1) is 5.50 Å². The van der Waals surface area contributed by atoms with E-state index in [1.807, 2.05) is 0 Å². The second-order valence-corrected chi connectivity index (χ2v) is 5.15. The summed E-state index contributed by atoms with van der Waals surface area (Å²) in [7, 11) is 0. The van der Waals surface area contributed by atoms with Gasteiger partial charge in [0, 0.05) is 6.04 Å². The molecule has 2 aliphatic rings. The number of halogens is 1. The van der Waals surface area contributed by atoms with Crippen LogP contribution in [0.4, 0.5) is 0 Å². The van der Waals surface area contributed by atoms with Crippen molar-refractivity contribution in [2.45, 2.75) is 37.2 Å². The number of hydrogen-bond donors (Lipinski definition) is 0. The number of likely N-dealkylation sites (tertiary alicyclic amines) is 1. The Hall–Kier alpha value is -0.530. The van der Waals surface area contributed by atoms with Gasteiger partial charge in [0.2, 0.25) is 0 Å². The first kappa shape index (κ1) is 9.68. The maximum Gasteiger partial charge on any atom is 0.0853 e. The van der Waals surface area contributed by atoms with Crippen molar-refractivity contribution in [2.75, 3.05) is 6.54 Å². The van der Waals surface area contributed by atoms with E-state index < -0.39 is 0 Å². The summed E-state index contributed by atoms with van der Waals surface area (Å²) < 4.78 is 0. The Morgan fingerprint density at radius 1 is 1.13 bits per heavy atom. The highest BCUT2D eigenvalue weighted by Crippen LogP contribution is 2.31. The minimum absolute atomic E-state index is 0.282. The summed E-state index contributed by atoms with van der Waals surface area (Å²) in [4.78, 5) is 2.49. The van der Waals surface area contributed by atoms with Crippen LogP contribution in [0.2, 0.25) is 0 Å². The van der Waals surface area contributed by atoms with Gasteiger partial charge in [-0.15, -0.1) is 11.6 Å². The molecule has 1 aromatic carbocycles. The summed E-state index contributed by atoms with van der Waals surface area (Å²) in [6.07, 6.45) is 4.81. The quantitative estimate of drug-likeness (QED) is 0.521. The molecule has 0 bridgehead atoms. The third-order valence-corrected chi connectivity index (χ3v) is 4.19. The molecular weight excluding hydrogens is 206 g/mol. The molecule has 0 radical (unpaired) electrons. The largest absolute Gasteiger partial charge is 0.284 e. The fraction of sp³-hybridized carbons (Fsp3) is 0.538. The third kappa shape index (κ3) is 1.68. The summed E-state index contributed by atoms with van der Waals surface area (Å²) in [5.41, 5.74) is 3.33. The topological polar surface area (TPSA) is 3.24 Å². The summed E-state index contributed by atoms with van der Waals surface area (Å²) in [6.45, 7) is 1.19. The highest BCUT2D eigenvalue weighted by Gasteiger charge is 2.32. The van der Waals surface area contributed by atoms with E-state index in [0.717, 1.165) is 6.42 Å². The van der Waals surface area contributed by atoms with Crippen LogP contribution in [0.15, 0.2) is 24.3 Å². The van der Waals surface area contributed by atoms with Crippen molar-refractivity contribution in [1.29, 1.82) is 0 Å². The molecule has 0 amide bonds. The molecule has 1 aromatic rings. The van der Waals surface area contributed by atoms with Crippen LogP contribution in [0.25, 0.3) is 0 Å². The Bertz CT molecular complexity index is 338. The maximum atomic E-state index is 6.33. The number of benzene rings is 1. The summed E-state index contributed by atoms with van der Waals surface area (Å²) >= 11 is 6.33. The van der Waals surface area contributed by atoms with E-state index in [-0.39, 0.29) is 5.50 Å². The average molecular weight is 222 g/mol. The normalized spacial score (nSPS) is 27.1. The van der Waals surface area contributed by atoms with E-state index in [0.29, 0.717) is 6.04 Å². The van der Waals surface area contributed by atoms with Crippen molar-refractivity contribution < 1.29 is 0 Å². The molecule has 0 saturated carbocycles. The number of fused-ring (bicyclic) bond motifs is 1. The number of nitrogens with zero attached hydrogens (tertiary/aromatic N) is 1. The van der Waals surface area contributed by atoms with Crippen molar-refractivity contribution in [3.05, 3.63) is 35.4 Å². The third-order valence-electron chi connectivity index (χ3n) is 3.72. The molecule has 0 spiro atoms. The zero-order valence-corrected chi connectivity index (χ0v) is 9.58. The first-order valence-electron chi connectivity index (χ1n) is 5.81. The van der Waals surface area contributed by atoms with E-state index in [1.165, 1.54) is 36.9 Å². The van der Waals surface area contributed by atoms with Crippen LogP contribution in [0.5, 0.6) is 0 Å². The Labute approximate surface area is 96.0 Å². The van der Waals surface area contributed by atoms with Crippen LogP contribution in [0, 0.1) is 0 Å². The van der Waals surface area contributed by atoms with Gasteiger partial charge in [-0.2, -0.15) is 0 Å². The van der Waals surface area contributed by atoms with Gasteiger partial charge in [-0.3, -0.25) is 4.90 Å². The Kier molecular flexibility index (Phi) is 2.45. The monoisotopic (exact) mass is 221 g/mol. The second kappa shape index (κ2) is 3.80. The molecule has 1 heterocycles. The molecule has 1 saturated heterocycles. The Balaban J connectivity index is 1.78. The van der Waals surface area contributed by atoms with Crippen molar-refractivity contribution in [3.8, 4) is 0 Å². The lowest BCUT2D eigenvalue weighted by molar-refractivity contribution is 0.229. The highest BCUT2D eigenvalue weighted by atomic mass is 35.5.